The third-order valence-corrected chi connectivity index (χ3v) is 6.02. The quantitative estimate of drug-likeness (QED) is 0.184. The van der Waals surface area contributed by atoms with Crippen molar-refractivity contribution in [3.05, 3.63) is 90.1 Å². The van der Waals surface area contributed by atoms with Crippen LogP contribution in [0.4, 0.5) is 5.69 Å². The van der Waals surface area contributed by atoms with E-state index >= 15 is 0 Å². The molecule has 1 N–H and O–H groups in total. The Balaban J connectivity index is 1.81. The molecule has 32 heavy (non-hydrogen) atoms. The smallest absolute Gasteiger partial charge is 0.266 e. The van der Waals surface area contributed by atoms with Crippen molar-refractivity contribution in [3.63, 3.8) is 0 Å². The maximum absolute atomic E-state index is 12.6. The molecule has 0 saturated carbocycles. The van der Waals surface area contributed by atoms with Gasteiger partial charge in [0.2, 0.25) is 0 Å². The van der Waals surface area contributed by atoms with Crippen LogP contribution in [0, 0.1) is 25.4 Å². The Kier molecular flexibility index (Phi) is 8.53. The van der Waals surface area contributed by atoms with Crippen LogP contribution in [0.15, 0.2) is 66.2 Å². The van der Waals surface area contributed by atoms with Crippen molar-refractivity contribution >= 4 is 62.9 Å². The highest BCUT2D eigenvalue weighted by Crippen LogP contribution is 2.35. The normalized spacial score (nSPS) is 10.9. The zero-order valence-electron chi connectivity index (χ0n) is 17.5. The Labute approximate surface area is 214 Å². The van der Waals surface area contributed by atoms with Gasteiger partial charge in [-0.05, 0) is 111 Å². The molecule has 0 unspecified atom stereocenters. The lowest BCUT2D eigenvalue weighted by Gasteiger charge is -2.14. The van der Waals surface area contributed by atoms with Crippen molar-refractivity contribution < 1.29 is 14.3 Å². The minimum atomic E-state index is -0.467. The SMILES string of the molecule is COc1cc(/C=C(/C#N)C(=O)Nc2cccc(C)c2)cc(I)c1OCc1ccc(I)cc1. The zero-order valence-corrected chi connectivity index (χ0v) is 21.8. The van der Waals surface area contributed by atoms with Crippen LogP contribution >= 0.6 is 45.2 Å². The first-order valence-electron chi connectivity index (χ1n) is 9.64. The topological polar surface area (TPSA) is 71.3 Å². The maximum Gasteiger partial charge on any atom is 0.266 e. The molecule has 1 amide bonds. The fourth-order valence-electron chi connectivity index (χ4n) is 2.94. The molecule has 3 rings (SSSR count). The number of ether oxygens (including phenoxy) is 2. The second-order valence-corrected chi connectivity index (χ2v) is 9.35. The van der Waals surface area contributed by atoms with Gasteiger partial charge in [-0.2, -0.15) is 5.26 Å². The van der Waals surface area contributed by atoms with Gasteiger partial charge in [-0.3, -0.25) is 4.79 Å². The molecule has 3 aromatic carbocycles. The molecule has 0 fully saturated rings. The van der Waals surface area contributed by atoms with Gasteiger partial charge in [0.05, 0.1) is 10.7 Å². The predicted molar refractivity (Wildman–Crippen MR) is 143 cm³/mol. The van der Waals surface area contributed by atoms with E-state index in [1.165, 1.54) is 0 Å². The Morgan fingerprint density at radius 2 is 1.88 bits per heavy atom. The van der Waals surface area contributed by atoms with E-state index in [2.05, 4.69) is 50.5 Å². The van der Waals surface area contributed by atoms with Crippen molar-refractivity contribution in [2.75, 3.05) is 12.4 Å². The highest BCUT2D eigenvalue weighted by molar-refractivity contribution is 14.1. The summed E-state index contributed by atoms with van der Waals surface area (Å²) in [5.41, 5.74) is 3.38. The van der Waals surface area contributed by atoms with Crippen LogP contribution in [-0.2, 0) is 11.4 Å². The number of methoxy groups -OCH3 is 1. The van der Waals surface area contributed by atoms with Crippen molar-refractivity contribution in [1.29, 1.82) is 5.26 Å². The van der Waals surface area contributed by atoms with Gasteiger partial charge in [0, 0.05) is 9.26 Å². The first kappa shape index (κ1) is 24.1. The van der Waals surface area contributed by atoms with E-state index in [9.17, 15) is 10.1 Å². The lowest BCUT2D eigenvalue weighted by molar-refractivity contribution is -0.112. The first-order valence-corrected chi connectivity index (χ1v) is 11.8. The molecule has 0 aromatic heterocycles. The molecule has 0 atom stereocenters. The van der Waals surface area contributed by atoms with E-state index < -0.39 is 5.91 Å². The first-order chi connectivity index (χ1) is 15.4. The number of carbonyl (C=O) groups is 1. The van der Waals surface area contributed by atoms with E-state index in [4.69, 9.17) is 9.47 Å². The van der Waals surface area contributed by atoms with Crippen LogP contribution in [0.3, 0.4) is 0 Å². The fourth-order valence-corrected chi connectivity index (χ4v) is 4.08. The number of hydrogen-bond donors (Lipinski definition) is 1. The van der Waals surface area contributed by atoms with Gasteiger partial charge in [0.1, 0.15) is 18.2 Å². The lowest BCUT2D eigenvalue weighted by Crippen LogP contribution is -2.13. The molecule has 0 aliphatic carbocycles. The van der Waals surface area contributed by atoms with Crippen molar-refractivity contribution in [1.82, 2.24) is 0 Å². The van der Waals surface area contributed by atoms with E-state index in [1.807, 2.05) is 61.5 Å². The van der Waals surface area contributed by atoms with Crippen LogP contribution in [0.2, 0.25) is 0 Å². The number of nitriles is 1. The maximum atomic E-state index is 12.6. The van der Waals surface area contributed by atoms with Gasteiger partial charge in [-0.25, -0.2) is 0 Å². The molecular formula is C25H20I2N2O3. The van der Waals surface area contributed by atoms with E-state index in [1.54, 1.807) is 25.3 Å². The fraction of sp³-hybridized carbons (Fsp3) is 0.120. The largest absolute Gasteiger partial charge is 0.493 e. The molecule has 5 nitrogen and oxygen atoms in total. The molecule has 3 aromatic rings. The Hall–Kier alpha value is -2.58. The minimum Gasteiger partial charge on any atom is -0.493 e. The third-order valence-electron chi connectivity index (χ3n) is 4.50. The van der Waals surface area contributed by atoms with Gasteiger partial charge in [0.25, 0.3) is 5.91 Å². The van der Waals surface area contributed by atoms with Crippen LogP contribution < -0.4 is 14.8 Å². The number of benzene rings is 3. The average Bonchev–Trinajstić information content (AvgIpc) is 2.77. The number of anilines is 1. The molecule has 0 aliphatic heterocycles. The van der Waals surface area contributed by atoms with E-state index in [0.717, 1.165) is 18.3 Å². The molecule has 162 valence electrons. The number of aryl methyl sites for hydroxylation is 1. The van der Waals surface area contributed by atoms with Gasteiger partial charge in [-0.1, -0.05) is 24.3 Å². The number of nitrogens with one attached hydrogen (secondary N) is 1. The highest BCUT2D eigenvalue weighted by atomic mass is 127. The molecule has 7 heteroatoms. The van der Waals surface area contributed by atoms with Crippen molar-refractivity contribution in [2.24, 2.45) is 0 Å². The summed E-state index contributed by atoms with van der Waals surface area (Å²) in [6, 6.07) is 21.1. The van der Waals surface area contributed by atoms with Crippen LogP contribution in [0.1, 0.15) is 16.7 Å². The van der Waals surface area contributed by atoms with Crippen molar-refractivity contribution in [3.8, 4) is 17.6 Å². The molecule has 0 bridgehead atoms. The summed E-state index contributed by atoms with van der Waals surface area (Å²) in [5.74, 6) is 0.683. The van der Waals surface area contributed by atoms with Crippen LogP contribution in [0.25, 0.3) is 6.08 Å². The van der Waals surface area contributed by atoms with Crippen LogP contribution in [0.5, 0.6) is 11.5 Å². The van der Waals surface area contributed by atoms with Crippen molar-refractivity contribution in [2.45, 2.75) is 13.5 Å². The Bertz CT molecular complexity index is 1200. The molecule has 0 spiro atoms. The second-order valence-electron chi connectivity index (χ2n) is 6.94. The van der Waals surface area contributed by atoms with Crippen LogP contribution in [-0.4, -0.2) is 13.0 Å². The van der Waals surface area contributed by atoms with E-state index in [-0.39, 0.29) is 5.57 Å². The summed E-state index contributed by atoms with van der Waals surface area (Å²) in [5, 5.41) is 12.3. The molecule has 0 radical (unpaired) electrons. The third kappa shape index (κ3) is 6.46. The molecule has 0 heterocycles. The summed E-state index contributed by atoms with van der Waals surface area (Å²) in [4.78, 5) is 12.6. The predicted octanol–water partition coefficient (Wildman–Crippen LogP) is 6.34. The number of carbonyl (C=O) groups excluding carboxylic acids is 1. The second kappa shape index (κ2) is 11.3. The summed E-state index contributed by atoms with van der Waals surface area (Å²) < 4.78 is 13.5. The summed E-state index contributed by atoms with van der Waals surface area (Å²) in [6.07, 6.45) is 1.54. The van der Waals surface area contributed by atoms with Gasteiger partial charge in [-0.15, -0.1) is 0 Å². The number of amides is 1. The monoisotopic (exact) mass is 650 g/mol. The summed E-state index contributed by atoms with van der Waals surface area (Å²) >= 11 is 4.42. The standard InChI is InChI=1S/C25H20I2N2O3/c1-16-4-3-5-21(10-16)29-25(30)19(14-28)11-18-12-22(27)24(23(13-18)31-2)32-15-17-6-8-20(26)9-7-17/h3-13H,15H2,1-2H3,(H,29,30)/b19-11-. The highest BCUT2D eigenvalue weighted by Gasteiger charge is 2.14. The molecule has 0 aliphatic rings. The Morgan fingerprint density at radius 1 is 1.12 bits per heavy atom. The van der Waals surface area contributed by atoms with E-state index in [0.29, 0.717) is 29.4 Å². The van der Waals surface area contributed by atoms with Gasteiger partial charge >= 0.3 is 0 Å². The number of halogens is 2. The Morgan fingerprint density at radius 3 is 2.53 bits per heavy atom. The lowest BCUT2D eigenvalue weighted by atomic mass is 10.1. The van der Waals surface area contributed by atoms with Gasteiger partial charge < -0.3 is 14.8 Å². The number of nitrogens with zero attached hydrogens (tertiary/aromatic N) is 1. The zero-order chi connectivity index (χ0) is 23.1. The number of rotatable bonds is 7. The minimum absolute atomic E-state index is 0.00286. The molecule has 0 saturated heterocycles. The summed E-state index contributed by atoms with van der Waals surface area (Å²) in [6.45, 7) is 2.34. The number of hydrogen-bond acceptors (Lipinski definition) is 4. The van der Waals surface area contributed by atoms with Gasteiger partial charge in [0.15, 0.2) is 11.5 Å². The summed E-state index contributed by atoms with van der Waals surface area (Å²) in [7, 11) is 1.56. The average molecular weight is 650 g/mol. The molecular weight excluding hydrogens is 630 g/mol.